The highest BCUT2D eigenvalue weighted by atomic mass is 16.2. The van der Waals surface area contributed by atoms with Crippen LogP contribution in [-0.2, 0) is 6.54 Å². The van der Waals surface area contributed by atoms with Crippen molar-refractivity contribution < 1.29 is 9.59 Å². The molecule has 2 amide bonds. The highest BCUT2D eigenvalue weighted by Crippen LogP contribution is 2.05. The summed E-state index contributed by atoms with van der Waals surface area (Å²) in [6.07, 6.45) is 0. The molecule has 0 saturated heterocycles. The molecule has 0 aliphatic rings. The molecule has 0 fully saturated rings. The van der Waals surface area contributed by atoms with Crippen LogP contribution in [0.5, 0.6) is 0 Å². The van der Waals surface area contributed by atoms with Crippen LogP contribution in [0.25, 0.3) is 0 Å². The lowest BCUT2D eigenvalue weighted by Crippen LogP contribution is -2.37. The van der Waals surface area contributed by atoms with Crippen molar-refractivity contribution in [2.45, 2.75) is 13.5 Å². The van der Waals surface area contributed by atoms with Gasteiger partial charge in [-0.3, -0.25) is 15.0 Å². The highest BCUT2D eigenvalue weighted by Gasteiger charge is 2.06. The van der Waals surface area contributed by atoms with Gasteiger partial charge in [-0.2, -0.15) is 0 Å². The molecule has 2 aromatic carbocycles. The second-order valence-electron chi connectivity index (χ2n) is 4.73. The second-order valence-corrected chi connectivity index (χ2v) is 4.73. The molecule has 2 rings (SSSR count). The molecule has 0 spiro atoms. The van der Waals surface area contributed by atoms with Crippen molar-refractivity contribution in [3.05, 3.63) is 71.3 Å². The van der Waals surface area contributed by atoms with Crippen molar-refractivity contribution in [2.24, 2.45) is 0 Å². The summed E-state index contributed by atoms with van der Waals surface area (Å²) in [4.78, 5) is 23.7. The Labute approximate surface area is 129 Å². The van der Waals surface area contributed by atoms with Gasteiger partial charge in [-0.25, -0.2) is 5.43 Å². The Hall–Kier alpha value is -2.66. The first-order chi connectivity index (χ1) is 10.7. The Morgan fingerprint density at radius 2 is 1.50 bits per heavy atom. The normalized spacial score (nSPS) is 10.0. The van der Waals surface area contributed by atoms with Gasteiger partial charge in [0.05, 0.1) is 0 Å². The van der Waals surface area contributed by atoms with Crippen molar-refractivity contribution in [1.29, 1.82) is 0 Å². The van der Waals surface area contributed by atoms with Crippen molar-refractivity contribution >= 4 is 11.8 Å². The molecule has 0 heterocycles. The van der Waals surface area contributed by atoms with E-state index in [2.05, 4.69) is 16.2 Å². The van der Waals surface area contributed by atoms with Gasteiger partial charge in [0.25, 0.3) is 11.8 Å². The first-order valence-electron chi connectivity index (χ1n) is 7.16. The minimum absolute atomic E-state index is 0.116. The van der Waals surface area contributed by atoms with Crippen molar-refractivity contribution in [3.8, 4) is 0 Å². The summed E-state index contributed by atoms with van der Waals surface area (Å²) in [5, 5.41) is 2.85. The third-order valence-corrected chi connectivity index (χ3v) is 3.08. The lowest BCUT2D eigenvalue weighted by Gasteiger charge is -2.07. The number of amides is 2. The maximum atomic E-state index is 11.9. The van der Waals surface area contributed by atoms with Gasteiger partial charge >= 0.3 is 0 Å². The van der Waals surface area contributed by atoms with E-state index in [-0.39, 0.29) is 11.8 Å². The lowest BCUT2D eigenvalue weighted by molar-refractivity contribution is 0.0930. The maximum absolute atomic E-state index is 11.9. The lowest BCUT2D eigenvalue weighted by atomic mass is 10.1. The standard InChI is InChI=1S/C17H19N3O2/c1-2-19-20-17(22)15-10-8-13(9-11-15)12-18-16(21)14-6-4-3-5-7-14/h3-11,19H,2,12H2,1H3,(H,18,21)(H,20,22). The Morgan fingerprint density at radius 3 is 2.14 bits per heavy atom. The van der Waals surface area contributed by atoms with Crippen molar-refractivity contribution in [3.63, 3.8) is 0 Å². The van der Waals surface area contributed by atoms with Crippen molar-refractivity contribution in [2.75, 3.05) is 6.54 Å². The van der Waals surface area contributed by atoms with E-state index in [9.17, 15) is 9.59 Å². The zero-order valence-electron chi connectivity index (χ0n) is 12.4. The molecule has 0 aliphatic carbocycles. The number of hydrazine groups is 1. The molecule has 2 aromatic rings. The summed E-state index contributed by atoms with van der Waals surface area (Å²) in [6, 6.07) is 16.2. The minimum atomic E-state index is -0.179. The van der Waals surface area contributed by atoms with E-state index in [1.165, 1.54) is 0 Å². The van der Waals surface area contributed by atoms with E-state index in [1.807, 2.05) is 37.3 Å². The van der Waals surface area contributed by atoms with Gasteiger partial charge in [-0.05, 0) is 29.8 Å². The molecular formula is C17H19N3O2. The Morgan fingerprint density at radius 1 is 0.864 bits per heavy atom. The Bertz CT molecular complexity index is 624. The first kappa shape index (κ1) is 15.7. The second kappa shape index (κ2) is 7.95. The largest absolute Gasteiger partial charge is 0.348 e. The van der Waals surface area contributed by atoms with E-state index in [1.54, 1.807) is 24.3 Å². The fraction of sp³-hybridized carbons (Fsp3) is 0.176. The molecule has 0 unspecified atom stereocenters. The summed E-state index contributed by atoms with van der Waals surface area (Å²) in [6.45, 7) is 2.98. The molecule has 0 saturated carbocycles. The molecule has 5 heteroatoms. The monoisotopic (exact) mass is 297 g/mol. The molecular weight excluding hydrogens is 278 g/mol. The van der Waals surface area contributed by atoms with Crippen LogP contribution >= 0.6 is 0 Å². The third-order valence-electron chi connectivity index (χ3n) is 3.08. The van der Waals surface area contributed by atoms with Gasteiger partial charge in [0.1, 0.15) is 0 Å². The quantitative estimate of drug-likeness (QED) is 0.713. The van der Waals surface area contributed by atoms with Crippen LogP contribution in [0.3, 0.4) is 0 Å². The fourth-order valence-electron chi connectivity index (χ4n) is 1.89. The molecule has 3 N–H and O–H groups in total. The molecule has 0 aliphatic heterocycles. The van der Waals surface area contributed by atoms with Gasteiger partial charge in [0.15, 0.2) is 0 Å². The van der Waals surface area contributed by atoms with Crippen LogP contribution in [0.2, 0.25) is 0 Å². The Balaban J connectivity index is 1.89. The number of hydrogen-bond acceptors (Lipinski definition) is 3. The van der Waals surface area contributed by atoms with Gasteiger partial charge in [0, 0.05) is 24.2 Å². The Kier molecular flexibility index (Phi) is 5.68. The SMILES string of the molecule is CCNNC(=O)c1ccc(CNC(=O)c2ccccc2)cc1. The summed E-state index contributed by atoms with van der Waals surface area (Å²) in [7, 11) is 0. The van der Waals surface area contributed by atoms with E-state index in [0.717, 1.165) is 5.56 Å². The predicted octanol–water partition coefficient (Wildman–Crippen LogP) is 1.87. The number of carbonyl (C=O) groups excluding carboxylic acids is 2. The van der Waals surface area contributed by atoms with Crippen LogP contribution in [0.1, 0.15) is 33.2 Å². The molecule has 0 atom stereocenters. The first-order valence-corrected chi connectivity index (χ1v) is 7.16. The van der Waals surface area contributed by atoms with E-state index in [0.29, 0.717) is 24.2 Å². The number of carbonyl (C=O) groups is 2. The van der Waals surface area contributed by atoms with Gasteiger partial charge in [-0.1, -0.05) is 37.3 Å². The topological polar surface area (TPSA) is 70.2 Å². The smallest absolute Gasteiger partial charge is 0.265 e. The maximum Gasteiger partial charge on any atom is 0.265 e. The number of hydrogen-bond donors (Lipinski definition) is 3. The van der Waals surface area contributed by atoms with Gasteiger partial charge in [-0.15, -0.1) is 0 Å². The number of nitrogens with one attached hydrogen (secondary N) is 3. The zero-order valence-corrected chi connectivity index (χ0v) is 12.4. The zero-order chi connectivity index (χ0) is 15.8. The minimum Gasteiger partial charge on any atom is -0.348 e. The molecule has 0 radical (unpaired) electrons. The number of rotatable bonds is 6. The van der Waals surface area contributed by atoms with Crippen LogP contribution in [0, 0.1) is 0 Å². The van der Waals surface area contributed by atoms with E-state index < -0.39 is 0 Å². The third kappa shape index (κ3) is 4.43. The fourth-order valence-corrected chi connectivity index (χ4v) is 1.89. The molecule has 0 bridgehead atoms. The number of benzene rings is 2. The van der Waals surface area contributed by atoms with Crippen LogP contribution < -0.4 is 16.2 Å². The van der Waals surface area contributed by atoms with Crippen LogP contribution in [0.15, 0.2) is 54.6 Å². The molecule has 0 aromatic heterocycles. The highest BCUT2D eigenvalue weighted by molar-refractivity contribution is 5.94. The van der Waals surface area contributed by atoms with Crippen LogP contribution in [0.4, 0.5) is 0 Å². The van der Waals surface area contributed by atoms with E-state index in [4.69, 9.17) is 0 Å². The summed E-state index contributed by atoms with van der Waals surface area (Å²) in [5.74, 6) is -0.295. The van der Waals surface area contributed by atoms with Gasteiger partial charge < -0.3 is 5.32 Å². The molecule has 5 nitrogen and oxygen atoms in total. The van der Waals surface area contributed by atoms with Crippen LogP contribution in [-0.4, -0.2) is 18.4 Å². The average molecular weight is 297 g/mol. The molecule has 114 valence electrons. The predicted molar refractivity (Wildman–Crippen MR) is 85.2 cm³/mol. The summed E-state index contributed by atoms with van der Waals surface area (Å²) < 4.78 is 0. The summed E-state index contributed by atoms with van der Waals surface area (Å²) >= 11 is 0. The summed E-state index contributed by atoms with van der Waals surface area (Å²) in [5.41, 5.74) is 7.48. The van der Waals surface area contributed by atoms with E-state index >= 15 is 0 Å². The van der Waals surface area contributed by atoms with Crippen molar-refractivity contribution in [1.82, 2.24) is 16.2 Å². The average Bonchev–Trinajstić information content (AvgIpc) is 2.58. The molecule has 22 heavy (non-hydrogen) atoms. The van der Waals surface area contributed by atoms with Gasteiger partial charge in [0.2, 0.25) is 0 Å².